The maximum atomic E-state index is 12.6. The number of nitrogens with two attached hydrogens (primary N) is 1. The molecule has 6 heteroatoms. The van der Waals surface area contributed by atoms with Crippen molar-refractivity contribution in [2.75, 3.05) is 24.5 Å². The summed E-state index contributed by atoms with van der Waals surface area (Å²) in [6.45, 7) is 6.96. The van der Waals surface area contributed by atoms with Gasteiger partial charge >= 0.3 is 5.97 Å². The molecule has 1 aromatic carbocycles. The van der Waals surface area contributed by atoms with Gasteiger partial charge in [-0.25, -0.2) is 4.79 Å². The molecule has 0 bridgehead atoms. The lowest BCUT2D eigenvalue weighted by Crippen LogP contribution is -2.28. The zero-order valence-corrected chi connectivity index (χ0v) is 15.2. The van der Waals surface area contributed by atoms with Gasteiger partial charge in [0.15, 0.2) is 0 Å². The molecule has 1 aliphatic carbocycles. The molecule has 1 saturated heterocycles. The van der Waals surface area contributed by atoms with Crippen LogP contribution in [0.5, 0.6) is 0 Å². The summed E-state index contributed by atoms with van der Waals surface area (Å²) in [7, 11) is 0. The number of nitrogens with zero attached hydrogens (tertiary/aromatic N) is 2. The Morgan fingerprint density at radius 1 is 1.35 bits per heavy atom. The van der Waals surface area contributed by atoms with Gasteiger partial charge in [0.05, 0.1) is 5.52 Å². The first kappa shape index (κ1) is 17.1. The average Bonchev–Trinajstić information content (AvgIpc) is 3.38. The van der Waals surface area contributed by atoms with Crippen LogP contribution in [0.3, 0.4) is 0 Å². The molecule has 0 amide bonds. The normalized spacial score (nSPS) is 22.1. The largest absolute Gasteiger partial charge is 0.477 e. The highest BCUT2D eigenvalue weighted by molar-refractivity contribution is 5.93. The lowest BCUT2D eigenvalue weighted by molar-refractivity contribution is 0.0695. The molecule has 138 valence electrons. The first-order chi connectivity index (χ1) is 12.3. The number of carbonyl (C=O) groups is 1. The van der Waals surface area contributed by atoms with Crippen LogP contribution in [0.1, 0.15) is 43.1 Å². The molecule has 2 aromatic rings. The molecular weight excluding hydrogens is 330 g/mol. The Bertz CT molecular complexity index is 943. The molecule has 0 radical (unpaired) electrons. The summed E-state index contributed by atoms with van der Waals surface area (Å²) in [6.07, 6.45) is 3.56. The van der Waals surface area contributed by atoms with Gasteiger partial charge in [-0.1, -0.05) is 13.8 Å². The van der Waals surface area contributed by atoms with Crippen molar-refractivity contribution in [3.05, 3.63) is 40.2 Å². The number of anilines is 1. The topological polar surface area (TPSA) is 88.6 Å². The second-order valence-electron chi connectivity index (χ2n) is 8.32. The summed E-state index contributed by atoms with van der Waals surface area (Å²) in [5.74, 6) is -0.735. The molecule has 1 unspecified atom stereocenters. The minimum Gasteiger partial charge on any atom is -0.477 e. The average molecular weight is 355 g/mol. The molecule has 1 atom stereocenters. The first-order valence-electron chi connectivity index (χ1n) is 9.19. The molecule has 2 aliphatic rings. The Labute approximate surface area is 152 Å². The van der Waals surface area contributed by atoms with Gasteiger partial charge in [0.25, 0.3) is 0 Å². The summed E-state index contributed by atoms with van der Waals surface area (Å²) in [4.78, 5) is 26.3. The zero-order chi connectivity index (χ0) is 18.6. The van der Waals surface area contributed by atoms with Gasteiger partial charge in [-0.15, -0.1) is 0 Å². The van der Waals surface area contributed by atoms with Crippen LogP contribution in [0.2, 0.25) is 0 Å². The van der Waals surface area contributed by atoms with Crippen molar-refractivity contribution in [1.29, 1.82) is 0 Å². The lowest BCUT2D eigenvalue weighted by Gasteiger charge is -2.24. The van der Waals surface area contributed by atoms with Crippen molar-refractivity contribution < 1.29 is 9.90 Å². The summed E-state index contributed by atoms with van der Waals surface area (Å²) in [5, 5.41) is 9.84. The monoisotopic (exact) mass is 355 g/mol. The summed E-state index contributed by atoms with van der Waals surface area (Å²) >= 11 is 0. The van der Waals surface area contributed by atoms with Crippen molar-refractivity contribution in [1.82, 2.24) is 4.57 Å². The molecule has 4 rings (SSSR count). The smallest absolute Gasteiger partial charge is 0.341 e. The van der Waals surface area contributed by atoms with Gasteiger partial charge < -0.3 is 20.3 Å². The quantitative estimate of drug-likeness (QED) is 0.879. The molecule has 26 heavy (non-hydrogen) atoms. The van der Waals surface area contributed by atoms with E-state index in [2.05, 4.69) is 18.7 Å². The molecule has 1 saturated carbocycles. The van der Waals surface area contributed by atoms with E-state index in [0.717, 1.165) is 37.1 Å². The van der Waals surface area contributed by atoms with Crippen LogP contribution in [0.15, 0.2) is 29.2 Å². The number of hydrogen-bond acceptors (Lipinski definition) is 4. The van der Waals surface area contributed by atoms with Gasteiger partial charge in [-0.2, -0.15) is 0 Å². The number of rotatable bonds is 4. The highest BCUT2D eigenvalue weighted by atomic mass is 16.4. The fraction of sp³-hybridized carbons (Fsp3) is 0.500. The summed E-state index contributed by atoms with van der Waals surface area (Å²) in [6, 6.07) is 6.04. The van der Waals surface area contributed by atoms with E-state index in [1.807, 2.05) is 16.7 Å². The first-order valence-corrected chi connectivity index (χ1v) is 9.19. The minimum atomic E-state index is -1.16. The van der Waals surface area contributed by atoms with Gasteiger partial charge in [0, 0.05) is 36.4 Å². The van der Waals surface area contributed by atoms with E-state index in [4.69, 9.17) is 5.73 Å². The van der Waals surface area contributed by atoms with Crippen LogP contribution < -0.4 is 16.1 Å². The number of aromatic nitrogens is 1. The van der Waals surface area contributed by atoms with Gasteiger partial charge in [-0.05, 0) is 48.9 Å². The third-order valence-corrected chi connectivity index (χ3v) is 5.98. The zero-order valence-electron chi connectivity index (χ0n) is 15.2. The van der Waals surface area contributed by atoms with E-state index in [0.29, 0.717) is 23.9 Å². The van der Waals surface area contributed by atoms with Crippen LogP contribution in [-0.4, -0.2) is 35.3 Å². The molecule has 1 aromatic heterocycles. The number of aromatic carboxylic acids is 1. The molecule has 2 heterocycles. The van der Waals surface area contributed by atoms with Crippen LogP contribution in [-0.2, 0) is 0 Å². The fourth-order valence-corrected chi connectivity index (χ4v) is 4.13. The Morgan fingerprint density at radius 2 is 2.08 bits per heavy atom. The van der Waals surface area contributed by atoms with Gasteiger partial charge in [0.1, 0.15) is 5.56 Å². The molecular formula is C20H25N3O3. The molecule has 2 fully saturated rings. The van der Waals surface area contributed by atoms with E-state index in [9.17, 15) is 14.7 Å². The van der Waals surface area contributed by atoms with Crippen LogP contribution in [0, 0.1) is 11.3 Å². The van der Waals surface area contributed by atoms with Gasteiger partial charge in [0.2, 0.25) is 5.43 Å². The Morgan fingerprint density at radius 3 is 2.65 bits per heavy atom. The summed E-state index contributed by atoms with van der Waals surface area (Å²) in [5.41, 5.74) is 7.44. The number of fused-ring (bicyclic) bond motifs is 1. The molecule has 6 nitrogen and oxygen atoms in total. The molecule has 0 spiro atoms. The maximum Gasteiger partial charge on any atom is 0.341 e. The maximum absolute atomic E-state index is 12.6. The van der Waals surface area contributed by atoms with Crippen molar-refractivity contribution in [3.63, 3.8) is 0 Å². The second-order valence-corrected chi connectivity index (χ2v) is 8.32. The number of benzene rings is 1. The standard InChI is InChI=1S/C20H25N3O3/c1-20(2)11-22(9-12(20)8-21)14-5-6-15-17(7-14)23(13-3-4-13)10-16(18(15)24)19(25)26/h5-7,10,12-13H,3-4,8-9,11,21H2,1-2H3,(H,25,26). The van der Waals surface area contributed by atoms with Gasteiger partial charge in [-0.3, -0.25) is 4.79 Å². The number of carboxylic acid groups (broad SMARTS) is 1. The van der Waals surface area contributed by atoms with E-state index >= 15 is 0 Å². The van der Waals surface area contributed by atoms with Crippen molar-refractivity contribution in [2.45, 2.75) is 32.7 Å². The van der Waals surface area contributed by atoms with Crippen molar-refractivity contribution >= 4 is 22.6 Å². The lowest BCUT2D eigenvalue weighted by atomic mass is 9.82. The highest BCUT2D eigenvalue weighted by Crippen LogP contribution is 2.40. The van der Waals surface area contributed by atoms with Crippen molar-refractivity contribution in [3.8, 4) is 0 Å². The van der Waals surface area contributed by atoms with Crippen LogP contribution >= 0.6 is 0 Å². The minimum absolute atomic E-state index is 0.146. The third kappa shape index (κ3) is 2.69. The predicted molar refractivity (Wildman–Crippen MR) is 102 cm³/mol. The van der Waals surface area contributed by atoms with E-state index in [-0.39, 0.29) is 11.0 Å². The fourth-order valence-electron chi connectivity index (χ4n) is 4.13. The van der Waals surface area contributed by atoms with E-state index in [1.54, 1.807) is 6.07 Å². The van der Waals surface area contributed by atoms with Crippen molar-refractivity contribution in [2.24, 2.45) is 17.1 Å². The van der Waals surface area contributed by atoms with Crippen LogP contribution in [0.25, 0.3) is 10.9 Å². The Kier molecular flexibility index (Phi) is 3.84. The SMILES string of the molecule is CC1(C)CN(c2ccc3c(=O)c(C(=O)O)cn(C4CC4)c3c2)CC1CN. The molecule has 1 aliphatic heterocycles. The predicted octanol–water partition coefficient (Wildman–Crippen LogP) is 2.46. The van der Waals surface area contributed by atoms with Crippen LogP contribution in [0.4, 0.5) is 5.69 Å². The number of pyridine rings is 1. The van der Waals surface area contributed by atoms with E-state index < -0.39 is 11.4 Å². The number of carboxylic acids is 1. The molecule has 3 N–H and O–H groups in total. The number of hydrogen-bond donors (Lipinski definition) is 2. The summed E-state index contributed by atoms with van der Waals surface area (Å²) < 4.78 is 1.98. The third-order valence-electron chi connectivity index (χ3n) is 5.98. The Hall–Kier alpha value is -2.34. The van der Waals surface area contributed by atoms with E-state index in [1.165, 1.54) is 6.20 Å². The highest BCUT2D eigenvalue weighted by Gasteiger charge is 2.38. The Balaban J connectivity index is 1.83. The second kappa shape index (κ2) is 5.84.